The lowest BCUT2D eigenvalue weighted by Crippen LogP contribution is -2.42. The van der Waals surface area contributed by atoms with E-state index in [1.165, 1.54) is 5.06 Å². The van der Waals surface area contributed by atoms with Gasteiger partial charge in [0.25, 0.3) is 0 Å². The third-order valence-corrected chi connectivity index (χ3v) is 6.82. The molecular formula is C27H24N4O3. The van der Waals surface area contributed by atoms with Crippen molar-refractivity contribution in [3.8, 4) is 22.6 Å². The third kappa shape index (κ3) is 3.27. The Kier molecular flexibility index (Phi) is 4.71. The van der Waals surface area contributed by atoms with Gasteiger partial charge in [-0.1, -0.05) is 42.5 Å². The third-order valence-electron chi connectivity index (χ3n) is 6.82. The van der Waals surface area contributed by atoms with Crippen molar-refractivity contribution in [2.75, 3.05) is 13.7 Å². The van der Waals surface area contributed by atoms with E-state index >= 15 is 0 Å². The van der Waals surface area contributed by atoms with E-state index in [1.807, 2.05) is 54.6 Å². The van der Waals surface area contributed by atoms with Crippen LogP contribution in [0, 0.1) is 6.57 Å². The Balaban J connectivity index is 1.44. The van der Waals surface area contributed by atoms with Gasteiger partial charge in [-0.2, -0.15) is 0 Å². The molecule has 3 aromatic carbocycles. The van der Waals surface area contributed by atoms with Crippen molar-refractivity contribution in [1.29, 1.82) is 0 Å². The van der Waals surface area contributed by atoms with Crippen LogP contribution in [0.1, 0.15) is 29.9 Å². The van der Waals surface area contributed by atoms with Crippen molar-refractivity contribution in [1.82, 2.24) is 5.06 Å². The van der Waals surface area contributed by atoms with E-state index in [4.69, 9.17) is 31.6 Å². The normalized spacial score (nSPS) is 24.9. The van der Waals surface area contributed by atoms with E-state index in [9.17, 15) is 0 Å². The molecule has 0 aliphatic carbocycles. The number of ether oxygens (including phenoxy) is 2. The van der Waals surface area contributed by atoms with Gasteiger partial charge < -0.3 is 15.2 Å². The summed E-state index contributed by atoms with van der Waals surface area (Å²) in [6.45, 7) is 7.98. The standard InChI is InChI=1S/C27H24N4O3/c1-29-19-7-5-6-17(14-19)18-10-11-24-22(15-18)27(30-26(28)31(2)34-27)16-25(33-24)21-12-13-32-23-9-4-3-8-20(21)23/h3-11,14-15,21,25H,12-13,16H2,2H3,(H2,28,30). The molecule has 0 amide bonds. The molecule has 3 aliphatic heterocycles. The molecule has 7 heteroatoms. The first-order chi connectivity index (χ1) is 16.6. The summed E-state index contributed by atoms with van der Waals surface area (Å²) < 4.78 is 12.5. The molecule has 0 aromatic heterocycles. The second-order valence-corrected chi connectivity index (χ2v) is 8.86. The SMILES string of the molecule is [C-]#[N+]c1cccc(-c2ccc3c(c2)C2(CC(C4CCOc5ccccc54)O3)N=C(N)N(C)O2)c1. The zero-order valence-electron chi connectivity index (χ0n) is 18.8. The number of hydrogen-bond donors (Lipinski definition) is 1. The van der Waals surface area contributed by atoms with E-state index < -0.39 is 5.72 Å². The highest BCUT2D eigenvalue weighted by molar-refractivity contribution is 5.79. The number of hydroxylamine groups is 2. The number of fused-ring (bicyclic) bond motifs is 3. The van der Waals surface area contributed by atoms with Gasteiger partial charge in [0.2, 0.25) is 11.7 Å². The number of benzene rings is 3. The number of rotatable bonds is 2. The second kappa shape index (κ2) is 7.79. The molecule has 3 aromatic rings. The van der Waals surface area contributed by atoms with Crippen LogP contribution in [0.4, 0.5) is 5.69 Å². The quantitative estimate of drug-likeness (QED) is 0.556. The molecule has 1 spiro atoms. The largest absolute Gasteiger partial charge is 0.493 e. The van der Waals surface area contributed by atoms with Gasteiger partial charge in [0.1, 0.15) is 17.6 Å². The van der Waals surface area contributed by atoms with Crippen molar-refractivity contribution in [3.05, 3.63) is 89.3 Å². The molecule has 6 rings (SSSR count). The smallest absolute Gasteiger partial charge is 0.221 e. The van der Waals surface area contributed by atoms with Crippen molar-refractivity contribution in [2.45, 2.75) is 30.6 Å². The highest BCUT2D eigenvalue weighted by Gasteiger charge is 2.51. The van der Waals surface area contributed by atoms with Crippen LogP contribution in [-0.2, 0) is 10.6 Å². The van der Waals surface area contributed by atoms with Gasteiger partial charge in [0.05, 0.1) is 18.7 Å². The summed E-state index contributed by atoms with van der Waals surface area (Å²) in [6.07, 6.45) is 1.22. The Morgan fingerprint density at radius 3 is 2.74 bits per heavy atom. The maximum absolute atomic E-state index is 7.34. The Hall–Kier alpha value is -4.02. The molecule has 34 heavy (non-hydrogen) atoms. The summed E-state index contributed by atoms with van der Waals surface area (Å²) in [6, 6.07) is 21.7. The van der Waals surface area contributed by atoms with Crippen molar-refractivity contribution in [2.24, 2.45) is 10.7 Å². The molecule has 3 heterocycles. The van der Waals surface area contributed by atoms with Gasteiger partial charge in [-0.3, -0.25) is 0 Å². The highest BCUT2D eigenvalue weighted by atomic mass is 16.7. The van der Waals surface area contributed by atoms with Gasteiger partial charge in [-0.25, -0.2) is 19.7 Å². The number of aliphatic imine (C=N–C) groups is 1. The van der Waals surface area contributed by atoms with E-state index in [1.54, 1.807) is 13.1 Å². The summed E-state index contributed by atoms with van der Waals surface area (Å²) in [5.41, 5.74) is 9.71. The average Bonchev–Trinajstić information content (AvgIpc) is 3.16. The molecule has 3 unspecified atom stereocenters. The van der Waals surface area contributed by atoms with Crippen LogP contribution in [-0.4, -0.2) is 30.8 Å². The number of hydrogen-bond acceptors (Lipinski definition) is 6. The highest BCUT2D eigenvalue weighted by Crippen LogP contribution is 2.51. The van der Waals surface area contributed by atoms with Gasteiger partial charge >= 0.3 is 0 Å². The zero-order chi connectivity index (χ0) is 23.3. The van der Waals surface area contributed by atoms with Crippen LogP contribution < -0.4 is 15.2 Å². The number of para-hydroxylation sites is 1. The Morgan fingerprint density at radius 2 is 1.91 bits per heavy atom. The minimum Gasteiger partial charge on any atom is -0.493 e. The van der Waals surface area contributed by atoms with Crippen LogP contribution in [0.2, 0.25) is 0 Å². The van der Waals surface area contributed by atoms with E-state index in [-0.39, 0.29) is 12.0 Å². The molecule has 3 atom stereocenters. The molecule has 170 valence electrons. The Morgan fingerprint density at radius 1 is 1.06 bits per heavy atom. The van der Waals surface area contributed by atoms with Crippen LogP contribution in [0.5, 0.6) is 11.5 Å². The fourth-order valence-electron chi connectivity index (χ4n) is 5.18. The lowest BCUT2D eigenvalue weighted by molar-refractivity contribution is -0.192. The Bertz CT molecular complexity index is 1350. The second-order valence-electron chi connectivity index (χ2n) is 8.86. The lowest BCUT2D eigenvalue weighted by atomic mass is 9.81. The van der Waals surface area contributed by atoms with E-state index in [2.05, 4.69) is 10.9 Å². The maximum Gasteiger partial charge on any atom is 0.221 e. The molecular weight excluding hydrogens is 428 g/mol. The van der Waals surface area contributed by atoms with Crippen LogP contribution in [0.3, 0.4) is 0 Å². The maximum atomic E-state index is 7.34. The summed E-state index contributed by atoms with van der Waals surface area (Å²) in [5.74, 6) is 2.12. The van der Waals surface area contributed by atoms with Gasteiger partial charge in [-0.15, -0.1) is 0 Å². The molecule has 0 radical (unpaired) electrons. The predicted molar refractivity (Wildman–Crippen MR) is 129 cm³/mol. The van der Waals surface area contributed by atoms with Crippen LogP contribution in [0.15, 0.2) is 71.7 Å². The van der Waals surface area contributed by atoms with E-state index in [0.717, 1.165) is 40.2 Å². The van der Waals surface area contributed by atoms with Gasteiger partial charge in [0, 0.05) is 24.9 Å². The minimum absolute atomic E-state index is 0.149. The first kappa shape index (κ1) is 20.6. The molecule has 0 saturated heterocycles. The summed E-state index contributed by atoms with van der Waals surface area (Å²) in [5, 5.41) is 1.52. The molecule has 0 fully saturated rings. The topological polar surface area (TPSA) is 73.7 Å². The number of nitrogens with zero attached hydrogens (tertiary/aromatic N) is 3. The van der Waals surface area contributed by atoms with Gasteiger partial charge in [0.15, 0.2) is 5.69 Å². The monoisotopic (exact) mass is 452 g/mol. The lowest BCUT2D eigenvalue weighted by Gasteiger charge is -2.41. The number of nitrogens with two attached hydrogens (primary N) is 1. The predicted octanol–water partition coefficient (Wildman–Crippen LogP) is 4.97. The fourth-order valence-corrected chi connectivity index (χ4v) is 5.18. The molecule has 7 nitrogen and oxygen atoms in total. The fraction of sp³-hybridized carbons (Fsp3) is 0.259. The average molecular weight is 453 g/mol. The van der Waals surface area contributed by atoms with Crippen molar-refractivity contribution >= 4 is 11.6 Å². The first-order valence-corrected chi connectivity index (χ1v) is 11.4. The molecule has 2 N–H and O–H groups in total. The molecule has 0 saturated carbocycles. The number of guanidine groups is 1. The van der Waals surface area contributed by atoms with Crippen molar-refractivity contribution < 1.29 is 14.3 Å². The molecule has 3 aliphatic rings. The van der Waals surface area contributed by atoms with Crippen LogP contribution in [0.25, 0.3) is 16.0 Å². The minimum atomic E-state index is -0.974. The molecule has 0 bridgehead atoms. The first-order valence-electron chi connectivity index (χ1n) is 11.4. The summed E-state index contributed by atoms with van der Waals surface area (Å²) in [4.78, 5) is 14.7. The summed E-state index contributed by atoms with van der Waals surface area (Å²) in [7, 11) is 1.77. The van der Waals surface area contributed by atoms with E-state index in [0.29, 0.717) is 24.7 Å². The van der Waals surface area contributed by atoms with Gasteiger partial charge in [-0.05, 0) is 41.8 Å². The zero-order valence-corrected chi connectivity index (χ0v) is 18.8. The summed E-state index contributed by atoms with van der Waals surface area (Å²) >= 11 is 0. The van der Waals surface area contributed by atoms with Crippen LogP contribution >= 0.6 is 0 Å². The van der Waals surface area contributed by atoms with Crippen molar-refractivity contribution in [3.63, 3.8) is 0 Å². The Labute approximate surface area is 198 Å².